The molecule has 2 aromatic carbocycles. The SMILES string of the molecule is CCc1ccc(NC(=O)N2CCCC[C@@H]2c2nc(-c3ccc(C)cc3)no2)cc1. The van der Waals surface area contributed by atoms with Gasteiger partial charge in [0.15, 0.2) is 0 Å². The maximum absolute atomic E-state index is 12.9. The number of carbonyl (C=O) groups is 1. The highest BCUT2D eigenvalue weighted by molar-refractivity contribution is 5.89. The first kappa shape index (κ1) is 19.2. The zero-order valence-electron chi connectivity index (χ0n) is 16.9. The number of hydrogen-bond donors (Lipinski definition) is 1. The van der Waals surface area contributed by atoms with Crippen LogP contribution in [0.3, 0.4) is 0 Å². The second kappa shape index (κ2) is 8.47. The number of benzene rings is 2. The molecule has 1 N–H and O–H groups in total. The van der Waals surface area contributed by atoms with Gasteiger partial charge in [-0.1, -0.05) is 54.0 Å². The van der Waals surface area contributed by atoms with Crippen LogP contribution in [0, 0.1) is 6.92 Å². The Morgan fingerprint density at radius 2 is 1.90 bits per heavy atom. The number of aromatic nitrogens is 2. The summed E-state index contributed by atoms with van der Waals surface area (Å²) in [6.45, 7) is 4.83. The zero-order chi connectivity index (χ0) is 20.2. The van der Waals surface area contributed by atoms with E-state index in [-0.39, 0.29) is 12.1 Å². The average Bonchev–Trinajstić information content (AvgIpc) is 3.25. The van der Waals surface area contributed by atoms with Crippen LogP contribution in [-0.4, -0.2) is 27.6 Å². The fourth-order valence-electron chi connectivity index (χ4n) is 3.64. The van der Waals surface area contributed by atoms with Gasteiger partial charge in [0.25, 0.3) is 0 Å². The molecule has 0 spiro atoms. The molecule has 6 nitrogen and oxygen atoms in total. The van der Waals surface area contributed by atoms with Crippen molar-refractivity contribution in [3.05, 3.63) is 65.5 Å². The van der Waals surface area contributed by atoms with E-state index in [9.17, 15) is 4.79 Å². The van der Waals surface area contributed by atoms with Crippen molar-refractivity contribution in [2.75, 3.05) is 11.9 Å². The number of piperidine rings is 1. The summed E-state index contributed by atoms with van der Waals surface area (Å²) in [7, 11) is 0. The summed E-state index contributed by atoms with van der Waals surface area (Å²) in [5, 5.41) is 7.15. The number of carbonyl (C=O) groups excluding carboxylic acids is 1. The number of likely N-dealkylation sites (tertiary alicyclic amines) is 1. The van der Waals surface area contributed by atoms with Crippen LogP contribution >= 0.6 is 0 Å². The van der Waals surface area contributed by atoms with Crippen molar-refractivity contribution in [2.45, 2.75) is 45.6 Å². The molecule has 1 saturated heterocycles. The monoisotopic (exact) mass is 390 g/mol. The van der Waals surface area contributed by atoms with E-state index >= 15 is 0 Å². The van der Waals surface area contributed by atoms with Gasteiger partial charge in [-0.2, -0.15) is 4.98 Å². The fraction of sp³-hybridized carbons (Fsp3) is 0.348. The Kier molecular flexibility index (Phi) is 5.60. The third kappa shape index (κ3) is 4.31. The van der Waals surface area contributed by atoms with Gasteiger partial charge < -0.3 is 14.7 Å². The minimum Gasteiger partial charge on any atom is -0.337 e. The Labute approximate surface area is 170 Å². The van der Waals surface area contributed by atoms with E-state index in [2.05, 4.69) is 22.4 Å². The van der Waals surface area contributed by atoms with Crippen molar-refractivity contribution < 1.29 is 9.32 Å². The standard InChI is InChI=1S/C23H26N4O2/c1-3-17-9-13-19(14-10-17)24-23(28)27-15-5-4-6-20(27)22-25-21(26-29-22)18-11-7-16(2)8-12-18/h7-14,20H,3-6,15H2,1-2H3,(H,24,28)/t20-/m1/s1. The molecule has 29 heavy (non-hydrogen) atoms. The number of nitrogens with one attached hydrogen (secondary N) is 1. The molecular formula is C23H26N4O2. The van der Waals surface area contributed by atoms with Crippen molar-refractivity contribution in [2.24, 2.45) is 0 Å². The van der Waals surface area contributed by atoms with Gasteiger partial charge >= 0.3 is 6.03 Å². The van der Waals surface area contributed by atoms with Gasteiger partial charge in [0.05, 0.1) is 0 Å². The Bertz CT molecular complexity index is 963. The van der Waals surface area contributed by atoms with Crippen LogP contribution in [0.25, 0.3) is 11.4 Å². The number of amides is 2. The van der Waals surface area contributed by atoms with Gasteiger partial charge in [0.1, 0.15) is 6.04 Å². The molecule has 6 heteroatoms. The first-order chi connectivity index (χ1) is 14.1. The summed E-state index contributed by atoms with van der Waals surface area (Å²) in [6, 6.07) is 15.6. The summed E-state index contributed by atoms with van der Waals surface area (Å²) in [6.07, 6.45) is 3.79. The van der Waals surface area contributed by atoms with Crippen LogP contribution in [0.1, 0.15) is 49.2 Å². The highest BCUT2D eigenvalue weighted by atomic mass is 16.5. The molecule has 1 aliphatic rings. The number of hydrogen-bond acceptors (Lipinski definition) is 4. The minimum atomic E-state index is -0.203. The third-order valence-corrected chi connectivity index (χ3v) is 5.41. The summed E-state index contributed by atoms with van der Waals surface area (Å²) in [5.41, 5.74) is 4.13. The Balaban J connectivity index is 1.51. The molecule has 2 amide bonds. The van der Waals surface area contributed by atoms with E-state index in [4.69, 9.17) is 4.52 Å². The van der Waals surface area contributed by atoms with Crippen molar-refractivity contribution in [3.63, 3.8) is 0 Å². The molecule has 3 aromatic rings. The molecule has 1 atom stereocenters. The lowest BCUT2D eigenvalue weighted by Crippen LogP contribution is -2.41. The molecule has 1 aromatic heterocycles. The quantitative estimate of drug-likeness (QED) is 0.650. The molecule has 2 heterocycles. The maximum Gasteiger partial charge on any atom is 0.322 e. The number of urea groups is 1. The van der Waals surface area contributed by atoms with Gasteiger partial charge in [0.2, 0.25) is 11.7 Å². The second-order valence-electron chi connectivity index (χ2n) is 7.51. The topological polar surface area (TPSA) is 71.3 Å². The van der Waals surface area contributed by atoms with E-state index in [1.807, 2.05) is 60.4 Å². The van der Waals surface area contributed by atoms with Crippen LogP contribution in [0.2, 0.25) is 0 Å². The predicted molar refractivity (Wildman–Crippen MR) is 113 cm³/mol. The van der Waals surface area contributed by atoms with Crippen molar-refractivity contribution >= 4 is 11.7 Å². The second-order valence-corrected chi connectivity index (χ2v) is 7.51. The Hall–Kier alpha value is -3.15. The van der Waals surface area contributed by atoms with E-state index in [0.717, 1.165) is 36.9 Å². The van der Waals surface area contributed by atoms with Crippen LogP contribution in [0.4, 0.5) is 10.5 Å². The van der Waals surface area contributed by atoms with E-state index in [0.29, 0.717) is 18.3 Å². The highest BCUT2D eigenvalue weighted by Crippen LogP contribution is 2.31. The van der Waals surface area contributed by atoms with E-state index < -0.39 is 0 Å². The van der Waals surface area contributed by atoms with Crippen molar-refractivity contribution in [1.29, 1.82) is 0 Å². The Morgan fingerprint density at radius 1 is 1.14 bits per heavy atom. The first-order valence-corrected chi connectivity index (χ1v) is 10.2. The number of nitrogens with zero attached hydrogens (tertiary/aromatic N) is 3. The van der Waals surface area contributed by atoms with Crippen LogP contribution in [0.15, 0.2) is 53.1 Å². The summed E-state index contributed by atoms with van der Waals surface area (Å²) in [5.74, 6) is 1.05. The normalized spacial score (nSPS) is 16.6. The third-order valence-electron chi connectivity index (χ3n) is 5.41. The van der Waals surface area contributed by atoms with Gasteiger partial charge in [0, 0.05) is 17.8 Å². The minimum absolute atomic E-state index is 0.131. The maximum atomic E-state index is 12.9. The number of aryl methyl sites for hydroxylation is 2. The molecule has 4 rings (SSSR count). The van der Waals surface area contributed by atoms with Crippen LogP contribution in [-0.2, 0) is 6.42 Å². The Morgan fingerprint density at radius 3 is 2.62 bits per heavy atom. The lowest BCUT2D eigenvalue weighted by atomic mass is 10.0. The summed E-state index contributed by atoms with van der Waals surface area (Å²) in [4.78, 5) is 19.4. The largest absolute Gasteiger partial charge is 0.337 e. The lowest BCUT2D eigenvalue weighted by molar-refractivity contribution is 0.142. The molecule has 0 radical (unpaired) electrons. The number of anilines is 1. The summed E-state index contributed by atoms with van der Waals surface area (Å²) >= 11 is 0. The molecule has 0 aliphatic carbocycles. The molecule has 1 fully saturated rings. The average molecular weight is 390 g/mol. The number of rotatable bonds is 4. The molecule has 1 aliphatic heterocycles. The fourth-order valence-corrected chi connectivity index (χ4v) is 3.64. The summed E-state index contributed by atoms with van der Waals surface area (Å²) < 4.78 is 5.57. The van der Waals surface area contributed by atoms with Gasteiger partial charge in [-0.15, -0.1) is 0 Å². The zero-order valence-corrected chi connectivity index (χ0v) is 16.9. The lowest BCUT2D eigenvalue weighted by Gasteiger charge is -2.33. The van der Waals surface area contributed by atoms with E-state index in [1.54, 1.807) is 0 Å². The first-order valence-electron chi connectivity index (χ1n) is 10.2. The van der Waals surface area contributed by atoms with Crippen LogP contribution in [0.5, 0.6) is 0 Å². The van der Waals surface area contributed by atoms with Gasteiger partial charge in [-0.25, -0.2) is 4.79 Å². The predicted octanol–water partition coefficient (Wildman–Crippen LogP) is 5.37. The molecule has 150 valence electrons. The smallest absolute Gasteiger partial charge is 0.322 e. The highest BCUT2D eigenvalue weighted by Gasteiger charge is 2.32. The van der Waals surface area contributed by atoms with Crippen LogP contribution < -0.4 is 5.32 Å². The van der Waals surface area contributed by atoms with Crippen molar-refractivity contribution in [1.82, 2.24) is 15.0 Å². The molecule has 0 saturated carbocycles. The van der Waals surface area contributed by atoms with Gasteiger partial charge in [-0.3, -0.25) is 0 Å². The van der Waals surface area contributed by atoms with Crippen molar-refractivity contribution in [3.8, 4) is 11.4 Å². The molecule has 0 unspecified atom stereocenters. The van der Waals surface area contributed by atoms with E-state index in [1.165, 1.54) is 11.1 Å². The molecule has 0 bridgehead atoms. The molecular weight excluding hydrogens is 364 g/mol. The van der Waals surface area contributed by atoms with Gasteiger partial charge in [-0.05, 0) is 50.3 Å².